The maximum atomic E-state index is 4.92. The highest BCUT2D eigenvalue weighted by molar-refractivity contribution is 5.81. The van der Waals surface area contributed by atoms with Gasteiger partial charge in [0.1, 0.15) is 5.82 Å². The number of rotatable bonds is 7. The number of nitrogens with zero attached hydrogens (tertiary/aromatic N) is 2. The fraction of sp³-hybridized carbons (Fsp3) is 0.500. The number of hydrogen-bond acceptors (Lipinski definition) is 3. The SMILES string of the molecule is CCCC(C)N(C)c1nc2ccccc2cc1CNCC. The van der Waals surface area contributed by atoms with E-state index in [-0.39, 0.29) is 0 Å². The minimum Gasteiger partial charge on any atom is -0.357 e. The lowest BCUT2D eigenvalue weighted by Gasteiger charge is -2.28. The monoisotopic (exact) mass is 285 g/mol. The zero-order valence-electron chi connectivity index (χ0n) is 13.7. The molecule has 0 fully saturated rings. The second-order valence-electron chi connectivity index (χ2n) is 5.69. The normalized spacial score (nSPS) is 12.6. The molecule has 3 heteroatoms. The molecule has 0 radical (unpaired) electrons. The third-order valence-electron chi connectivity index (χ3n) is 4.05. The summed E-state index contributed by atoms with van der Waals surface area (Å²) in [7, 11) is 2.16. The van der Waals surface area contributed by atoms with Crippen molar-refractivity contribution in [3.63, 3.8) is 0 Å². The average molecular weight is 285 g/mol. The minimum atomic E-state index is 0.504. The van der Waals surface area contributed by atoms with E-state index in [1.807, 2.05) is 0 Å². The molecule has 1 atom stereocenters. The van der Waals surface area contributed by atoms with Crippen molar-refractivity contribution < 1.29 is 0 Å². The molecular formula is C18H27N3. The molecule has 21 heavy (non-hydrogen) atoms. The molecule has 1 heterocycles. The summed E-state index contributed by atoms with van der Waals surface area (Å²) in [6, 6.07) is 11.1. The fourth-order valence-electron chi connectivity index (χ4n) is 2.66. The summed E-state index contributed by atoms with van der Waals surface area (Å²) in [5, 5.41) is 4.64. The molecule has 114 valence electrons. The summed E-state index contributed by atoms with van der Waals surface area (Å²) >= 11 is 0. The van der Waals surface area contributed by atoms with Crippen LogP contribution in [-0.4, -0.2) is 24.6 Å². The molecule has 0 aliphatic heterocycles. The van der Waals surface area contributed by atoms with Gasteiger partial charge in [-0.25, -0.2) is 4.98 Å². The Balaban J connectivity index is 2.42. The van der Waals surface area contributed by atoms with Crippen LogP contribution in [0.15, 0.2) is 30.3 Å². The van der Waals surface area contributed by atoms with E-state index >= 15 is 0 Å². The second kappa shape index (κ2) is 7.41. The lowest BCUT2D eigenvalue weighted by molar-refractivity contribution is 0.607. The van der Waals surface area contributed by atoms with E-state index in [9.17, 15) is 0 Å². The summed E-state index contributed by atoms with van der Waals surface area (Å²) in [5.41, 5.74) is 2.35. The molecule has 1 aromatic carbocycles. The molecule has 0 aliphatic carbocycles. The summed E-state index contributed by atoms with van der Waals surface area (Å²) in [4.78, 5) is 7.24. The first kappa shape index (κ1) is 15.8. The van der Waals surface area contributed by atoms with Crippen molar-refractivity contribution in [2.45, 2.75) is 46.2 Å². The van der Waals surface area contributed by atoms with Crippen LogP contribution in [0.2, 0.25) is 0 Å². The van der Waals surface area contributed by atoms with Gasteiger partial charge in [0.15, 0.2) is 0 Å². The van der Waals surface area contributed by atoms with Crippen molar-refractivity contribution in [2.75, 3.05) is 18.5 Å². The number of hydrogen-bond donors (Lipinski definition) is 1. The molecule has 1 N–H and O–H groups in total. The van der Waals surface area contributed by atoms with Gasteiger partial charge in [-0.2, -0.15) is 0 Å². The van der Waals surface area contributed by atoms with E-state index < -0.39 is 0 Å². The van der Waals surface area contributed by atoms with Crippen molar-refractivity contribution in [3.05, 3.63) is 35.9 Å². The van der Waals surface area contributed by atoms with Crippen molar-refractivity contribution in [1.29, 1.82) is 0 Å². The number of aromatic nitrogens is 1. The van der Waals surface area contributed by atoms with Crippen LogP contribution in [0.4, 0.5) is 5.82 Å². The third kappa shape index (κ3) is 3.73. The molecular weight excluding hydrogens is 258 g/mol. The molecule has 0 saturated carbocycles. The molecule has 1 unspecified atom stereocenters. The van der Waals surface area contributed by atoms with Crippen LogP contribution >= 0.6 is 0 Å². The Labute approximate surface area is 128 Å². The molecule has 0 bridgehead atoms. The number of benzene rings is 1. The van der Waals surface area contributed by atoms with E-state index in [0.29, 0.717) is 6.04 Å². The molecule has 3 nitrogen and oxygen atoms in total. The summed E-state index contributed by atoms with van der Waals surface area (Å²) in [6.07, 6.45) is 2.38. The van der Waals surface area contributed by atoms with Gasteiger partial charge in [0.2, 0.25) is 0 Å². The molecule has 2 aromatic rings. The molecule has 0 spiro atoms. The van der Waals surface area contributed by atoms with Crippen LogP contribution in [-0.2, 0) is 6.54 Å². The topological polar surface area (TPSA) is 28.2 Å². The maximum absolute atomic E-state index is 4.92. The highest BCUT2D eigenvalue weighted by Crippen LogP contribution is 2.25. The Kier molecular flexibility index (Phi) is 5.57. The van der Waals surface area contributed by atoms with Gasteiger partial charge >= 0.3 is 0 Å². The maximum Gasteiger partial charge on any atom is 0.133 e. The number of nitrogens with one attached hydrogen (secondary N) is 1. The quantitative estimate of drug-likeness (QED) is 0.834. The lowest BCUT2D eigenvalue weighted by atomic mass is 10.1. The van der Waals surface area contributed by atoms with Gasteiger partial charge in [0.05, 0.1) is 5.52 Å². The number of para-hydroxylation sites is 1. The first-order chi connectivity index (χ1) is 10.2. The number of pyridine rings is 1. The van der Waals surface area contributed by atoms with Gasteiger partial charge in [-0.15, -0.1) is 0 Å². The van der Waals surface area contributed by atoms with Crippen LogP contribution in [0.1, 0.15) is 39.2 Å². The smallest absolute Gasteiger partial charge is 0.133 e. The van der Waals surface area contributed by atoms with E-state index in [1.54, 1.807) is 0 Å². The Bertz CT molecular complexity index is 580. The van der Waals surface area contributed by atoms with Crippen molar-refractivity contribution in [2.24, 2.45) is 0 Å². The van der Waals surface area contributed by atoms with Gasteiger partial charge in [-0.05, 0) is 32.0 Å². The molecule has 0 aliphatic rings. The Morgan fingerprint density at radius 3 is 2.71 bits per heavy atom. The van der Waals surface area contributed by atoms with Gasteiger partial charge < -0.3 is 10.2 Å². The lowest BCUT2D eigenvalue weighted by Crippen LogP contribution is -2.31. The van der Waals surface area contributed by atoms with E-state index in [1.165, 1.54) is 23.8 Å². The average Bonchev–Trinajstić information content (AvgIpc) is 2.51. The Morgan fingerprint density at radius 2 is 2.00 bits per heavy atom. The van der Waals surface area contributed by atoms with Crippen molar-refractivity contribution in [3.8, 4) is 0 Å². The van der Waals surface area contributed by atoms with E-state index in [0.717, 1.165) is 24.4 Å². The predicted octanol–water partition coefficient (Wildman–Crippen LogP) is 3.97. The predicted molar refractivity (Wildman–Crippen MR) is 91.9 cm³/mol. The summed E-state index contributed by atoms with van der Waals surface area (Å²) < 4.78 is 0. The highest BCUT2D eigenvalue weighted by atomic mass is 15.2. The Hall–Kier alpha value is -1.61. The third-order valence-corrected chi connectivity index (χ3v) is 4.05. The zero-order valence-corrected chi connectivity index (χ0v) is 13.7. The summed E-state index contributed by atoms with van der Waals surface area (Å²) in [5.74, 6) is 1.11. The first-order valence-corrected chi connectivity index (χ1v) is 7.99. The van der Waals surface area contributed by atoms with Gasteiger partial charge in [-0.3, -0.25) is 0 Å². The van der Waals surface area contributed by atoms with Crippen LogP contribution < -0.4 is 10.2 Å². The van der Waals surface area contributed by atoms with Gasteiger partial charge in [0.25, 0.3) is 0 Å². The van der Waals surface area contributed by atoms with Gasteiger partial charge in [-0.1, -0.05) is 38.5 Å². The van der Waals surface area contributed by atoms with Crippen LogP contribution in [0.5, 0.6) is 0 Å². The van der Waals surface area contributed by atoms with Crippen LogP contribution in [0.25, 0.3) is 10.9 Å². The molecule has 0 saturated heterocycles. The van der Waals surface area contributed by atoms with Crippen molar-refractivity contribution >= 4 is 16.7 Å². The molecule has 1 aromatic heterocycles. The van der Waals surface area contributed by atoms with Crippen molar-refractivity contribution in [1.82, 2.24) is 10.3 Å². The zero-order chi connectivity index (χ0) is 15.2. The minimum absolute atomic E-state index is 0.504. The second-order valence-corrected chi connectivity index (χ2v) is 5.69. The van der Waals surface area contributed by atoms with E-state index in [4.69, 9.17) is 4.98 Å². The number of fused-ring (bicyclic) bond motifs is 1. The standard InChI is InChI=1S/C18H27N3/c1-5-9-14(3)21(4)18-16(13-19-6-2)12-15-10-7-8-11-17(15)20-18/h7-8,10-12,14,19H,5-6,9,13H2,1-4H3. The van der Waals surface area contributed by atoms with E-state index in [2.05, 4.69) is 68.4 Å². The summed E-state index contributed by atoms with van der Waals surface area (Å²) in [6.45, 7) is 8.49. The highest BCUT2D eigenvalue weighted by Gasteiger charge is 2.15. The Morgan fingerprint density at radius 1 is 1.24 bits per heavy atom. The fourth-order valence-corrected chi connectivity index (χ4v) is 2.66. The van der Waals surface area contributed by atoms with Crippen LogP contribution in [0.3, 0.4) is 0 Å². The van der Waals surface area contributed by atoms with Gasteiger partial charge in [0, 0.05) is 30.6 Å². The largest absolute Gasteiger partial charge is 0.357 e. The molecule has 2 rings (SSSR count). The molecule has 0 amide bonds. The van der Waals surface area contributed by atoms with Crippen LogP contribution in [0, 0.1) is 0 Å². The first-order valence-electron chi connectivity index (χ1n) is 7.99. The number of anilines is 1.